The second-order valence-electron chi connectivity index (χ2n) is 12.2. The zero-order valence-corrected chi connectivity index (χ0v) is 25.5. The first kappa shape index (κ1) is 29.8. The number of nitrogens with zero attached hydrogens (tertiary/aromatic N) is 2. The number of benzene rings is 2. The Labute approximate surface area is 256 Å². The number of rotatable bonds is 0. The SMILES string of the molecule is C[C@H]1C(=O)NS(=O)(=O)c2ccc3c(c2)N(C[C@@H]2CC[C@H]2[C@@H](O)/C=C\CN1C(=O)O)C[C@@]1(CCCc2cc(Cl)ccc21)CO3. The molecular weight excluding hydrogens is 594 g/mol. The van der Waals surface area contributed by atoms with E-state index >= 15 is 0 Å². The van der Waals surface area contributed by atoms with Crippen LogP contribution in [0.5, 0.6) is 5.75 Å². The van der Waals surface area contributed by atoms with Crippen molar-refractivity contribution >= 4 is 39.3 Å². The van der Waals surface area contributed by atoms with Gasteiger partial charge in [0.1, 0.15) is 11.8 Å². The van der Waals surface area contributed by atoms with Crippen LogP contribution < -0.4 is 14.4 Å². The Morgan fingerprint density at radius 3 is 2.74 bits per heavy atom. The third-order valence-corrected chi connectivity index (χ3v) is 11.2. The van der Waals surface area contributed by atoms with Gasteiger partial charge in [-0.2, -0.15) is 0 Å². The van der Waals surface area contributed by atoms with Gasteiger partial charge in [0.05, 0.1) is 23.3 Å². The molecule has 4 aliphatic rings. The molecule has 2 aliphatic heterocycles. The van der Waals surface area contributed by atoms with E-state index in [-0.39, 0.29) is 28.7 Å². The van der Waals surface area contributed by atoms with Crippen molar-refractivity contribution in [2.75, 3.05) is 31.1 Å². The molecule has 1 fully saturated rings. The van der Waals surface area contributed by atoms with E-state index in [2.05, 4.69) is 15.7 Å². The van der Waals surface area contributed by atoms with Crippen LogP contribution >= 0.6 is 11.6 Å². The molecule has 0 aromatic heterocycles. The average Bonchev–Trinajstić information content (AvgIpc) is 3.09. The van der Waals surface area contributed by atoms with Crippen molar-refractivity contribution in [3.63, 3.8) is 0 Å². The number of sulfonamides is 1. The van der Waals surface area contributed by atoms with Crippen molar-refractivity contribution in [2.45, 2.75) is 61.5 Å². The van der Waals surface area contributed by atoms with Crippen molar-refractivity contribution in [1.29, 1.82) is 0 Å². The monoisotopic (exact) mass is 629 g/mol. The van der Waals surface area contributed by atoms with E-state index in [0.717, 1.165) is 37.0 Å². The first-order valence-corrected chi connectivity index (χ1v) is 16.6. The molecule has 12 heteroatoms. The fourth-order valence-corrected chi connectivity index (χ4v) is 8.35. The van der Waals surface area contributed by atoms with E-state index in [4.69, 9.17) is 16.3 Å². The van der Waals surface area contributed by atoms with Gasteiger partial charge in [0.2, 0.25) is 0 Å². The van der Waals surface area contributed by atoms with Crippen LogP contribution in [0.15, 0.2) is 53.4 Å². The third-order valence-electron chi connectivity index (χ3n) is 9.65. The molecule has 0 radical (unpaired) electrons. The lowest BCUT2D eigenvalue weighted by Gasteiger charge is -2.45. The quantitative estimate of drug-likeness (QED) is 0.373. The Balaban J connectivity index is 1.43. The molecule has 6 rings (SSSR count). The highest BCUT2D eigenvalue weighted by Crippen LogP contribution is 2.47. The Kier molecular flexibility index (Phi) is 7.85. The first-order valence-electron chi connectivity index (χ1n) is 14.7. The number of nitrogens with one attached hydrogen (secondary N) is 1. The molecule has 2 aromatic rings. The van der Waals surface area contributed by atoms with Crippen LogP contribution in [-0.4, -0.2) is 73.9 Å². The second-order valence-corrected chi connectivity index (χ2v) is 14.4. The summed E-state index contributed by atoms with van der Waals surface area (Å²) in [6.45, 7) is 2.73. The largest absolute Gasteiger partial charge is 0.490 e. The summed E-state index contributed by atoms with van der Waals surface area (Å²) in [6.07, 6.45) is 5.44. The minimum atomic E-state index is -4.33. The van der Waals surface area contributed by atoms with Gasteiger partial charge in [-0.3, -0.25) is 9.69 Å². The fraction of sp³-hybridized carbons (Fsp3) is 0.484. The molecule has 1 spiro atoms. The van der Waals surface area contributed by atoms with E-state index in [0.29, 0.717) is 36.2 Å². The highest BCUT2D eigenvalue weighted by atomic mass is 35.5. The molecule has 43 heavy (non-hydrogen) atoms. The van der Waals surface area contributed by atoms with Crippen molar-refractivity contribution < 1.29 is 33.0 Å². The summed E-state index contributed by atoms with van der Waals surface area (Å²) in [6, 6.07) is 9.28. The predicted molar refractivity (Wildman–Crippen MR) is 161 cm³/mol. The number of ether oxygens (including phenoxy) is 1. The molecular formula is C31H36ClN3O7S. The van der Waals surface area contributed by atoms with Crippen molar-refractivity contribution in [1.82, 2.24) is 9.62 Å². The normalized spacial score (nSPS) is 31.0. The van der Waals surface area contributed by atoms with Gasteiger partial charge in [-0.15, -0.1) is 0 Å². The number of carboxylic acid groups (broad SMARTS) is 1. The van der Waals surface area contributed by atoms with Crippen LogP contribution in [0.3, 0.4) is 0 Å². The summed E-state index contributed by atoms with van der Waals surface area (Å²) in [5, 5.41) is 21.5. The van der Waals surface area contributed by atoms with Crippen LogP contribution in [0.25, 0.3) is 0 Å². The number of aliphatic hydroxyl groups excluding tert-OH is 1. The molecule has 2 aromatic carbocycles. The number of fused-ring (bicyclic) bond motifs is 4. The maximum atomic E-state index is 13.4. The molecule has 0 saturated heterocycles. The molecule has 2 heterocycles. The summed E-state index contributed by atoms with van der Waals surface area (Å²) in [4.78, 5) is 27.8. The number of carbonyl (C=O) groups is 2. The van der Waals surface area contributed by atoms with E-state index in [1.54, 1.807) is 12.1 Å². The summed E-state index contributed by atoms with van der Waals surface area (Å²) < 4.78 is 35.4. The topological polar surface area (TPSA) is 136 Å². The molecule has 3 N–H and O–H groups in total. The van der Waals surface area contributed by atoms with Gasteiger partial charge in [0.25, 0.3) is 15.9 Å². The van der Waals surface area contributed by atoms with E-state index in [1.165, 1.54) is 36.3 Å². The van der Waals surface area contributed by atoms with Crippen LogP contribution in [0.2, 0.25) is 5.02 Å². The summed E-state index contributed by atoms with van der Waals surface area (Å²) in [7, 11) is -4.33. The minimum Gasteiger partial charge on any atom is -0.490 e. The Morgan fingerprint density at radius 1 is 1.19 bits per heavy atom. The first-order chi connectivity index (χ1) is 20.5. The smallest absolute Gasteiger partial charge is 0.408 e. The van der Waals surface area contributed by atoms with Crippen LogP contribution in [0.1, 0.15) is 43.7 Å². The highest BCUT2D eigenvalue weighted by Gasteiger charge is 2.44. The van der Waals surface area contributed by atoms with Crippen LogP contribution in [0, 0.1) is 11.8 Å². The molecule has 5 atom stereocenters. The van der Waals surface area contributed by atoms with Gasteiger partial charge < -0.3 is 19.8 Å². The molecule has 230 valence electrons. The fourth-order valence-electron chi connectivity index (χ4n) is 7.09. The lowest BCUT2D eigenvalue weighted by atomic mass is 9.68. The highest BCUT2D eigenvalue weighted by molar-refractivity contribution is 7.90. The predicted octanol–water partition coefficient (Wildman–Crippen LogP) is 3.94. The molecule has 1 saturated carbocycles. The Morgan fingerprint density at radius 2 is 2.00 bits per heavy atom. The second kappa shape index (κ2) is 11.3. The lowest BCUT2D eigenvalue weighted by Crippen LogP contribution is -2.50. The van der Waals surface area contributed by atoms with Crippen molar-refractivity contribution in [3.8, 4) is 5.75 Å². The number of amides is 2. The van der Waals surface area contributed by atoms with E-state index < -0.39 is 34.2 Å². The van der Waals surface area contributed by atoms with Gasteiger partial charge in [0, 0.05) is 30.1 Å². The number of hydrogen-bond acceptors (Lipinski definition) is 7. The van der Waals surface area contributed by atoms with Gasteiger partial charge in [0.15, 0.2) is 0 Å². The maximum Gasteiger partial charge on any atom is 0.408 e. The summed E-state index contributed by atoms with van der Waals surface area (Å²) in [5.74, 6) is -0.345. The standard InChI is InChI=1S/C31H36ClN3O7S/c1-19-29(37)33-43(40,41)23-8-11-28-26(15-23)34(16-21-6-9-24(21)27(36)5-3-13-35(19)30(38)39)17-31(18-42-28)12-2-4-20-14-22(32)7-10-25(20)31/h3,5,7-8,10-11,14-15,19,21,24,27,36H,2,4,6,9,12-13,16-18H2,1H3,(H,33,37)(H,38,39)/b5-3-/t19-,21-,24+,27-,31-/m0/s1. The van der Waals surface area contributed by atoms with Gasteiger partial charge in [-0.05, 0) is 92.3 Å². The van der Waals surface area contributed by atoms with E-state index in [9.17, 15) is 28.2 Å². The number of aliphatic hydroxyl groups is 1. The minimum absolute atomic E-state index is 0.0453. The summed E-state index contributed by atoms with van der Waals surface area (Å²) in [5.41, 5.74) is 2.64. The molecule has 0 unspecified atom stereocenters. The number of aryl methyl sites for hydroxylation is 1. The maximum absolute atomic E-state index is 13.4. The third kappa shape index (κ3) is 5.58. The number of hydrogen-bond donors (Lipinski definition) is 3. The number of halogens is 1. The number of carbonyl (C=O) groups excluding carboxylic acids is 1. The van der Waals surface area contributed by atoms with Crippen LogP contribution in [0.4, 0.5) is 10.5 Å². The van der Waals surface area contributed by atoms with Crippen LogP contribution in [-0.2, 0) is 26.7 Å². The Hall–Kier alpha value is -3.28. The lowest BCUT2D eigenvalue weighted by molar-refractivity contribution is -0.123. The van der Waals surface area contributed by atoms with Crippen molar-refractivity contribution in [2.24, 2.45) is 11.8 Å². The molecule has 2 aliphatic carbocycles. The molecule has 2 amide bonds. The molecule has 2 bridgehead atoms. The zero-order valence-electron chi connectivity index (χ0n) is 23.9. The number of anilines is 1. The average molecular weight is 630 g/mol. The zero-order chi connectivity index (χ0) is 30.5. The van der Waals surface area contributed by atoms with E-state index in [1.807, 2.05) is 12.1 Å². The van der Waals surface area contributed by atoms with Gasteiger partial charge in [-0.1, -0.05) is 29.8 Å². The van der Waals surface area contributed by atoms with Crippen molar-refractivity contribution in [3.05, 3.63) is 64.7 Å². The summed E-state index contributed by atoms with van der Waals surface area (Å²) >= 11 is 6.36. The Bertz CT molecular complexity index is 1580. The van der Waals surface area contributed by atoms with Gasteiger partial charge >= 0.3 is 6.09 Å². The molecule has 10 nitrogen and oxygen atoms in total. The van der Waals surface area contributed by atoms with Gasteiger partial charge in [-0.25, -0.2) is 17.9 Å².